The fraction of sp³-hybridized carbons (Fsp3) is 0.867. The lowest BCUT2D eigenvalue weighted by molar-refractivity contribution is 0.282. The van der Waals surface area contributed by atoms with Crippen LogP contribution in [0.25, 0.3) is 0 Å². The van der Waals surface area contributed by atoms with E-state index in [9.17, 15) is 0 Å². The molecule has 2 heteroatoms. The van der Waals surface area contributed by atoms with E-state index < -0.39 is 0 Å². The van der Waals surface area contributed by atoms with Crippen molar-refractivity contribution in [3.8, 4) is 0 Å². The van der Waals surface area contributed by atoms with Crippen molar-refractivity contribution in [1.29, 1.82) is 0 Å². The van der Waals surface area contributed by atoms with Gasteiger partial charge in [0.25, 0.3) is 0 Å². The highest BCUT2D eigenvalue weighted by Gasteiger charge is 1.92. The van der Waals surface area contributed by atoms with Crippen molar-refractivity contribution in [2.45, 2.75) is 77.0 Å². The van der Waals surface area contributed by atoms with Gasteiger partial charge in [0.05, 0.1) is 6.26 Å². The Labute approximate surface area is 107 Å². The zero-order valence-electron chi connectivity index (χ0n) is 11.2. The maximum atomic E-state index is 8.63. The monoisotopic (exact) mass is 242 g/mol. The second kappa shape index (κ2) is 15.5. The quantitative estimate of drug-likeness (QED) is 0.362. The number of hydrogen-bond acceptors (Lipinski definition) is 2. The fourth-order valence-corrected chi connectivity index (χ4v) is 2.04. The summed E-state index contributed by atoms with van der Waals surface area (Å²) in [6, 6.07) is 0. The molecule has 0 aromatic heterocycles. The molecule has 0 heterocycles. The van der Waals surface area contributed by atoms with Gasteiger partial charge in [-0.3, -0.25) is 0 Å². The SMILES string of the molecule is OC=CCCCCCCCCCCCCCO. The van der Waals surface area contributed by atoms with Crippen molar-refractivity contribution in [2.75, 3.05) is 6.61 Å². The summed E-state index contributed by atoms with van der Waals surface area (Å²) in [6.45, 7) is 0.353. The number of hydrogen-bond donors (Lipinski definition) is 2. The first kappa shape index (κ1) is 16.5. The van der Waals surface area contributed by atoms with Gasteiger partial charge in [0.15, 0.2) is 0 Å². The van der Waals surface area contributed by atoms with Crippen LogP contribution in [0.4, 0.5) is 0 Å². The average molecular weight is 242 g/mol. The minimum atomic E-state index is 0.353. The molecule has 0 rings (SSSR count). The molecule has 0 aliphatic rings. The van der Waals surface area contributed by atoms with Crippen molar-refractivity contribution in [3.05, 3.63) is 12.3 Å². The highest BCUT2D eigenvalue weighted by molar-refractivity contribution is 4.70. The molecule has 0 unspecified atom stereocenters. The summed E-state index contributed by atoms with van der Waals surface area (Å²) in [6.07, 6.45) is 18.1. The highest BCUT2D eigenvalue weighted by Crippen LogP contribution is 2.11. The third-order valence-corrected chi connectivity index (χ3v) is 3.13. The van der Waals surface area contributed by atoms with E-state index in [4.69, 9.17) is 10.2 Å². The largest absolute Gasteiger partial charge is 0.516 e. The predicted molar refractivity (Wildman–Crippen MR) is 74.3 cm³/mol. The molecule has 2 N–H and O–H groups in total. The van der Waals surface area contributed by atoms with Crippen molar-refractivity contribution < 1.29 is 10.2 Å². The van der Waals surface area contributed by atoms with Crippen molar-refractivity contribution in [3.63, 3.8) is 0 Å². The average Bonchev–Trinajstić information content (AvgIpc) is 2.35. The molecule has 0 aliphatic carbocycles. The summed E-state index contributed by atoms with van der Waals surface area (Å²) in [5.74, 6) is 0. The van der Waals surface area contributed by atoms with Crippen molar-refractivity contribution in [1.82, 2.24) is 0 Å². The number of unbranched alkanes of at least 4 members (excludes halogenated alkanes) is 11. The molecule has 0 aromatic rings. The molecule has 0 saturated carbocycles. The van der Waals surface area contributed by atoms with E-state index in [2.05, 4.69) is 0 Å². The number of rotatable bonds is 13. The summed E-state index contributed by atoms with van der Waals surface area (Å²) < 4.78 is 0. The molecule has 0 radical (unpaired) electrons. The van der Waals surface area contributed by atoms with Crippen LogP contribution in [0.5, 0.6) is 0 Å². The molecule has 0 atom stereocenters. The van der Waals surface area contributed by atoms with Gasteiger partial charge in [0.2, 0.25) is 0 Å². The van der Waals surface area contributed by atoms with Gasteiger partial charge < -0.3 is 10.2 Å². The molecule has 0 amide bonds. The maximum absolute atomic E-state index is 8.63. The van der Waals surface area contributed by atoms with Gasteiger partial charge in [-0.15, -0.1) is 0 Å². The lowest BCUT2D eigenvalue weighted by Gasteiger charge is -2.01. The minimum Gasteiger partial charge on any atom is -0.516 e. The molecule has 0 fully saturated rings. The molecular weight excluding hydrogens is 212 g/mol. The standard InChI is InChI=1S/C15H30O2/c16-14-12-10-8-6-4-2-1-3-5-7-9-11-13-15-17/h12,14,16-17H,1-11,13,15H2. The van der Waals surface area contributed by atoms with Gasteiger partial charge in [-0.05, 0) is 19.3 Å². The molecule has 0 spiro atoms. The van der Waals surface area contributed by atoms with E-state index in [-0.39, 0.29) is 0 Å². The van der Waals surface area contributed by atoms with Crippen molar-refractivity contribution >= 4 is 0 Å². The lowest BCUT2D eigenvalue weighted by atomic mass is 10.1. The van der Waals surface area contributed by atoms with Gasteiger partial charge in [0.1, 0.15) is 0 Å². The number of allylic oxidation sites excluding steroid dienone is 1. The van der Waals surface area contributed by atoms with E-state index in [0.717, 1.165) is 19.1 Å². The Hall–Kier alpha value is -0.500. The zero-order valence-corrected chi connectivity index (χ0v) is 11.2. The first-order valence-electron chi connectivity index (χ1n) is 7.32. The summed E-state index contributed by atoms with van der Waals surface area (Å²) in [4.78, 5) is 0. The van der Waals surface area contributed by atoms with E-state index >= 15 is 0 Å². The van der Waals surface area contributed by atoms with Gasteiger partial charge >= 0.3 is 0 Å². The Balaban J connectivity index is 2.89. The topological polar surface area (TPSA) is 40.5 Å². The Kier molecular flexibility index (Phi) is 15.0. The van der Waals surface area contributed by atoms with E-state index in [1.54, 1.807) is 0 Å². The smallest absolute Gasteiger partial charge is 0.0751 e. The normalized spacial score (nSPS) is 11.4. The second-order valence-electron chi connectivity index (χ2n) is 4.79. The minimum absolute atomic E-state index is 0.353. The summed E-state index contributed by atoms with van der Waals surface area (Å²) in [7, 11) is 0. The van der Waals surface area contributed by atoms with Crippen LogP contribution in [0.15, 0.2) is 12.3 Å². The van der Waals surface area contributed by atoms with Crippen LogP contribution in [-0.4, -0.2) is 16.8 Å². The molecule has 17 heavy (non-hydrogen) atoms. The van der Waals surface area contributed by atoms with Crippen LogP contribution in [0.2, 0.25) is 0 Å². The summed E-state index contributed by atoms with van der Waals surface area (Å²) >= 11 is 0. The van der Waals surface area contributed by atoms with Crippen LogP contribution >= 0.6 is 0 Å². The summed E-state index contributed by atoms with van der Waals surface area (Å²) in [5, 5.41) is 17.1. The fourth-order valence-electron chi connectivity index (χ4n) is 2.04. The van der Waals surface area contributed by atoms with Crippen LogP contribution in [0, 0.1) is 0 Å². The first-order chi connectivity index (χ1) is 8.41. The van der Waals surface area contributed by atoms with Gasteiger partial charge in [0, 0.05) is 6.61 Å². The van der Waals surface area contributed by atoms with Crippen LogP contribution in [-0.2, 0) is 0 Å². The molecule has 0 aromatic carbocycles. The van der Waals surface area contributed by atoms with E-state index in [1.807, 2.05) is 6.08 Å². The summed E-state index contributed by atoms with van der Waals surface area (Å²) in [5.41, 5.74) is 0. The van der Waals surface area contributed by atoms with E-state index in [0.29, 0.717) is 6.61 Å². The molecule has 0 saturated heterocycles. The molecule has 0 aliphatic heterocycles. The van der Waals surface area contributed by atoms with Crippen LogP contribution < -0.4 is 0 Å². The Morgan fingerprint density at radius 3 is 1.41 bits per heavy atom. The Bertz CT molecular complexity index is 155. The Morgan fingerprint density at radius 1 is 0.588 bits per heavy atom. The van der Waals surface area contributed by atoms with Gasteiger partial charge in [-0.25, -0.2) is 0 Å². The molecular formula is C15H30O2. The predicted octanol–water partition coefficient (Wildman–Crippen LogP) is 4.73. The third-order valence-electron chi connectivity index (χ3n) is 3.13. The van der Waals surface area contributed by atoms with Crippen LogP contribution in [0.1, 0.15) is 77.0 Å². The third kappa shape index (κ3) is 15.5. The molecule has 102 valence electrons. The Morgan fingerprint density at radius 2 is 1.00 bits per heavy atom. The van der Waals surface area contributed by atoms with Crippen LogP contribution in [0.3, 0.4) is 0 Å². The maximum Gasteiger partial charge on any atom is 0.0751 e. The molecule has 0 bridgehead atoms. The number of aliphatic hydroxyl groups excluding tert-OH is 2. The van der Waals surface area contributed by atoms with E-state index in [1.165, 1.54) is 64.2 Å². The van der Waals surface area contributed by atoms with Gasteiger partial charge in [-0.1, -0.05) is 63.9 Å². The van der Waals surface area contributed by atoms with Gasteiger partial charge in [-0.2, -0.15) is 0 Å². The highest BCUT2D eigenvalue weighted by atomic mass is 16.3. The van der Waals surface area contributed by atoms with Crippen molar-refractivity contribution in [2.24, 2.45) is 0 Å². The number of aliphatic hydroxyl groups is 2. The first-order valence-corrected chi connectivity index (χ1v) is 7.32. The molecule has 2 nitrogen and oxygen atoms in total. The zero-order chi connectivity index (χ0) is 12.6. The second-order valence-corrected chi connectivity index (χ2v) is 4.79. The lowest BCUT2D eigenvalue weighted by Crippen LogP contribution is -1.84.